The zero-order valence-electron chi connectivity index (χ0n) is 17.8. The molecule has 1 heterocycles. The molecule has 0 radical (unpaired) electrons. The Balaban J connectivity index is 1.98. The van der Waals surface area contributed by atoms with Crippen LogP contribution in [0.3, 0.4) is 0 Å². The second-order valence-electron chi connectivity index (χ2n) is 8.67. The maximum Gasteiger partial charge on any atom is 0.222 e. The average molecular weight is 375 g/mol. The van der Waals surface area contributed by atoms with E-state index in [1.165, 1.54) is 11.1 Å². The van der Waals surface area contributed by atoms with Crippen LogP contribution < -0.4 is 0 Å². The van der Waals surface area contributed by atoms with E-state index in [1.54, 1.807) is 0 Å². The molecule has 1 aromatic carbocycles. The monoisotopic (exact) mass is 374 g/mol. The molecule has 152 valence electrons. The third kappa shape index (κ3) is 7.63. The van der Waals surface area contributed by atoms with E-state index in [0.29, 0.717) is 13.0 Å². The first-order valence-electron chi connectivity index (χ1n) is 10.6. The number of morpholine rings is 1. The molecule has 1 aliphatic rings. The lowest BCUT2D eigenvalue weighted by Gasteiger charge is -2.30. The Morgan fingerprint density at radius 2 is 1.78 bits per heavy atom. The topological polar surface area (TPSA) is 32.8 Å². The standard InChI is InChI=1S/C23H38N2O2/c1-5-6-7-8-22(26)25(14-13-24-15-17-27-18-16-24)19-20-9-11-21(12-10-20)23(2,3)4/h9-12H,5-8,13-19H2,1-4H3. The highest BCUT2D eigenvalue weighted by atomic mass is 16.5. The van der Waals surface area contributed by atoms with Crippen molar-refractivity contribution in [3.05, 3.63) is 35.4 Å². The molecule has 1 saturated heterocycles. The quantitative estimate of drug-likeness (QED) is 0.607. The van der Waals surface area contributed by atoms with Crippen LogP contribution in [0.4, 0.5) is 0 Å². The van der Waals surface area contributed by atoms with E-state index in [4.69, 9.17) is 4.74 Å². The largest absolute Gasteiger partial charge is 0.379 e. The minimum Gasteiger partial charge on any atom is -0.379 e. The first kappa shape index (κ1) is 21.9. The van der Waals surface area contributed by atoms with Gasteiger partial charge in [0, 0.05) is 39.1 Å². The average Bonchev–Trinajstić information content (AvgIpc) is 2.65. The Labute approximate surface area is 165 Å². The summed E-state index contributed by atoms with van der Waals surface area (Å²) in [7, 11) is 0. The zero-order valence-corrected chi connectivity index (χ0v) is 17.8. The Kier molecular flexibility index (Phi) is 8.78. The molecular formula is C23H38N2O2. The molecule has 1 aromatic rings. The number of rotatable bonds is 9. The number of benzene rings is 1. The normalized spacial score (nSPS) is 15.7. The summed E-state index contributed by atoms with van der Waals surface area (Å²) in [6, 6.07) is 8.78. The van der Waals surface area contributed by atoms with Crippen molar-refractivity contribution in [2.24, 2.45) is 0 Å². The molecule has 1 fully saturated rings. The van der Waals surface area contributed by atoms with Gasteiger partial charge in [0.2, 0.25) is 5.91 Å². The zero-order chi connectivity index (χ0) is 19.7. The molecule has 0 aromatic heterocycles. The van der Waals surface area contributed by atoms with Gasteiger partial charge in [0.25, 0.3) is 0 Å². The van der Waals surface area contributed by atoms with Gasteiger partial charge in [-0.2, -0.15) is 0 Å². The number of carbonyl (C=O) groups is 1. The minimum absolute atomic E-state index is 0.157. The molecule has 0 unspecified atom stereocenters. The van der Waals surface area contributed by atoms with Crippen LogP contribution in [0.2, 0.25) is 0 Å². The summed E-state index contributed by atoms with van der Waals surface area (Å²) in [6.45, 7) is 14.9. The maximum atomic E-state index is 12.8. The van der Waals surface area contributed by atoms with Gasteiger partial charge in [0.05, 0.1) is 13.2 Å². The molecule has 27 heavy (non-hydrogen) atoms. The van der Waals surface area contributed by atoms with E-state index in [1.807, 2.05) is 0 Å². The number of amides is 1. The van der Waals surface area contributed by atoms with Gasteiger partial charge in [0.1, 0.15) is 0 Å². The molecule has 0 N–H and O–H groups in total. The van der Waals surface area contributed by atoms with E-state index in [-0.39, 0.29) is 11.3 Å². The summed E-state index contributed by atoms with van der Waals surface area (Å²) in [5.41, 5.74) is 2.71. The second-order valence-corrected chi connectivity index (χ2v) is 8.67. The summed E-state index contributed by atoms with van der Waals surface area (Å²) in [6.07, 6.45) is 3.93. The van der Waals surface area contributed by atoms with E-state index >= 15 is 0 Å². The Morgan fingerprint density at radius 1 is 1.11 bits per heavy atom. The highest BCUT2D eigenvalue weighted by molar-refractivity contribution is 5.76. The van der Waals surface area contributed by atoms with Crippen molar-refractivity contribution in [1.29, 1.82) is 0 Å². The van der Waals surface area contributed by atoms with E-state index in [9.17, 15) is 4.79 Å². The van der Waals surface area contributed by atoms with Gasteiger partial charge in [0.15, 0.2) is 0 Å². The van der Waals surface area contributed by atoms with Crippen LogP contribution in [-0.2, 0) is 21.5 Å². The van der Waals surface area contributed by atoms with Gasteiger partial charge in [-0.3, -0.25) is 9.69 Å². The molecule has 0 atom stereocenters. The Hall–Kier alpha value is -1.39. The fourth-order valence-corrected chi connectivity index (χ4v) is 3.39. The molecule has 0 aliphatic carbocycles. The SMILES string of the molecule is CCCCCC(=O)N(CCN1CCOCC1)Cc1ccc(C(C)(C)C)cc1. The number of carbonyl (C=O) groups excluding carboxylic acids is 1. The van der Waals surface area contributed by atoms with Crippen LogP contribution in [0.5, 0.6) is 0 Å². The molecule has 1 aliphatic heterocycles. The number of ether oxygens (including phenoxy) is 1. The van der Waals surface area contributed by atoms with E-state index in [0.717, 1.165) is 58.7 Å². The lowest BCUT2D eigenvalue weighted by molar-refractivity contribution is -0.132. The molecular weight excluding hydrogens is 336 g/mol. The first-order chi connectivity index (χ1) is 12.9. The van der Waals surface area contributed by atoms with E-state index in [2.05, 4.69) is 61.8 Å². The summed E-state index contributed by atoms with van der Waals surface area (Å²) < 4.78 is 5.43. The van der Waals surface area contributed by atoms with Gasteiger partial charge in [-0.25, -0.2) is 0 Å². The van der Waals surface area contributed by atoms with Gasteiger partial charge in [-0.1, -0.05) is 64.8 Å². The lowest BCUT2D eigenvalue weighted by atomic mass is 9.87. The number of unbranched alkanes of at least 4 members (excludes halogenated alkanes) is 2. The second kappa shape index (κ2) is 10.8. The third-order valence-corrected chi connectivity index (χ3v) is 5.33. The Morgan fingerprint density at radius 3 is 2.37 bits per heavy atom. The first-order valence-corrected chi connectivity index (χ1v) is 10.6. The van der Waals surface area contributed by atoms with Crippen LogP contribution in [0.15, 0.2) is 24.3 Å². The van der Waals surface area contributed by atoms with Gasteiger partial charge < -0.3 is 9.64 Å². The molecule has 0 saturated carbocycles. The fraction of sp³-hybridized carbons (Fsp3) is 0.696. The summed E-state index contributed by atoms with van der Waals surface area (Å²) >= 11 is 0. The predicted molar refractivity (Wildman–Crippen MR) is 112 cm³/mol. The minimum atomic E-state index is 0.157. The van der Waals surface area contributed by atoms with Crippen molar-refractivity contribution in [3.63, 3.8) is 0 Å². The van der Waals surface area contributed by atoms with Crippen LogP contribution in [0, 0.1) is 0 Å². The van der Waals surface area contributed by atoms with Crippen molar-refractivity contribution in [2.75, 3.05) is 39.4 Å². The van der Waals surface area contributed by atoms with Crippen molar-refractivity contribution in [2.45, 2.75) is 65.3 Å². The fourth-order valence-electron chi connectivity index (χ4n) is 3.39. The third-order valence-electron chi connectivity index (χ3n) is 5.33. The van der Waals surface area contributed by atoms with Gasteiger partial charge in [-0.05, 0) is 23.0 Å². The highest BCUT2D eigenvalue weighted by Crippen LogP contribution is 2.22. The summed E-state index contributed by atoms with van der Waals surface area (Å²) in [5, 5.41) is 0. The van der Waals surface area contributed by atoms with Crippen LogP contribution in [-0.4, -0.2) is 55.1 Å². The molecule has 1 amide bonds. The van der Waals surface area contributed by atoms with Gasteiger partial charge in [-0.15, -0.1) is 0 Å². The predicted octanol–water partition coefficient (Wildman–Crippen LogP) is 4.23. The lowest BCUT2D eigenvalue weighted by Crippen LogP contribution is -2.42. The molecule has 4 nitrogen and oxygen atoms in total. The van der Waals surface area contributed by atoms with Crippen LogP contribution >= 0.6 is 0 Å². The van der Waals surface area contributed by atoms with Gasteiger partial charge >= 0.3 is 0 Å². The number of hydrogen-bond acceptors (Lipinski definition) is 3. The number of hydrogen-bond donors (Lipinski definition) is 0. The highest BCUT2D eigenvalue weighted by Gasteiger charge is 2.18. The number of nitrogens with zero attached hydrogens (tertiary/aromatic N) is 2. The molecule has 0 spiro atoms. The molecule has 2 rings (SSSR count). The molecule has 0 bridgehead atoms. The molecule has 4 heteroatoms. The van der Waals surface area contributed by atoms with Crippen molar-refractivity contribution < 1.29 is 9.53 Å². The maximum absolute atomic E-state index is 12.8. The Bertz CT molecular complexity index is 557. The summed E-state index contributed by atoms with van der Waals surface area (Å²) in [5.74, 6) is 0.289. The van der Waals surface area contributed by atoms with Crippen molar-refractivity contribution in [3.8, 4) is 0 Å². The van der Waals surface area contributed by atoms with Crippen LogP contribution in [0.25, 0.3) is 0 Å². The van der Waals surface area contributed by atoms with Crippen LogP contribution in [0.1, 0.15) is 64.5 Å². The smallest absolute Gasteiger partial charge is 0.222 e. The summed E-state index contributed by atoms with van der Waals surface area (Å²) in [4.78, 5) is 17.3. The van der Waals surface area contributed by atoms with Crippen molar-refractivity contribution >= 4 is 5.91 Å². The van der Waals surface area contributed by atoms with E-state index < -0.39 is 0 Å². The van der Waals surface area contributed by atoms with Crippen molar-refractivity contribution in [1.82, 2.24) is 9.80 Å².